The molecule has 196 valence electrons. The number of halogens is 1. The van der Waals surface area contributed by atoms with E-state index in [1.807, 2.05) is 38.6 Å². The predicted octanol–water partition coefficient (Wildman–Crippen LogP) is 2.82. The Morgan fingerprint density at radius 1 is 1.11 bits per heavy atom. The molecule has 1 fully saturated rings. The lowest BCUT2D eigenvalue weighted by atomic mass is 9.78. The second kappa shape index (κ2) is 10.5. The summed E-state index contributed by atoms with van der Waals surface area (Å²) in [6.07, 6.45) is 10.2. The fraction of sp³-hybridized carbons (Fsp3) is 0.296. The third kappa shape index (κ3) is 4.92. The maximum atomic E-state index is 13.4. The Labute approximate surface area is 220 Å². The summed E-state index contributed by atoms with van der Waals surface area (Å²) in [4.78, 5) is 21.1. The molecule has 1 atom stereocenters. The molecule has 0 aliphatic carbocycles. The Kier molecular flexibility index (Phi) is 7.01. The summed E-state index contributed by atoms with van der Waals surface area (Å²) in [5, 5.41) is 22.0. The first-order valence-electron chi connectivity index (χ1n) is 12.3. The van der Waals surface area contributed by atoms with Crippen molar-refractivity contribution >= 4 is 18.1 Å². The molecule has 1 aliphatic rings. The van der Waals surface area contributed by atoms with Gasteiger partial charge in [-0.15, -0.1) is 0 Å². The van der Waals surface area contributed by atoms with Crippen molar-refractivity contribution in [3.63, 3.8) is 0 Å². The molecular weight excluding hydrogens is 485 g/mol. The highest BCUT2D eigenvalue weighted by Gasteiger charge is 2.30. The van der Waals surface area contributed by atoms with Gasteiger partial charge < -0.3 is 19.9 Å². The molecule has 3 aromatic heterocycles. The lowest BCUT2D eigenvalue weighted by Gasteiger charge is -2.36. The molecule has 5 rings (SSSR count). The summed E-state index contributed by atoms with van der Waals surface area (Å²) in [6.45, 7) is 4.47. The maximum Gasteiger partial charge on any atom is 0.225 e. The van der Waals surface area contributed by atoms with Gasteiger partial charge in [-0.25, -0.2) is 19.4 Å². The topological polar surface area (TPSA) is 122 Å². The number of nitrogens with zero attached hydrogens (tertiary/aromatic N) is 7. The van der Waals surface area contributed by atoms with Gasteiger partial charge >= 0.3 is 0 Å². The summed E-state index contributed by atoms with van der Waals surface area (Å²) < 4.78 is 15.2. The first-order valence-corrected chi connectivity index (χ1v) is 12.3. The molecule has 0 amide bonds. The zero-order chi connectivity index (χ0) is 26.7. The van der Waals surface area contributed by atoms with E-state index < -0.39 is 5.41 Å². The van der Waals surface area contributed by atoms with Crippen LogP contribution < -0.4 is 4.90 Å². The molecule has 4 heterocycles. The van der Waals surface area contributed by atoms with Gasteiger partial charge in [0.25, 0.3) is 0 Å². The first-order chi connectivity index (χ1) is 18.4. The largest absolute Gasteiger partial charge is 0.395 e. The van der Waals surface area contributed by atoms with Gasteiger partial charge in [0, 0.05) is 80.1 Å². The van der Waals surface area contributed by atoms with Crippen molar-refractivity contribution in [1.29, 1.82) is 5.41 Å². The highest BCUT2D eigenvalue weighted by molar-refractivity contribution is 6.01. The molecule has 10 nitrogen and oxygen atoms in total. The van der Waals surface area contributed by atoms with Crippen LogP contribution in [0.5, 0.6) is 0 Å². The summed E-state index contributed by atoms with van der Waals surface area (Å²) in [5.41, 5.74) is 3.66. The van der Waals surface area contributed by atoms with Crippen molar-refractivity contribution in [3.05, 3.63) is 84.0 Å². The standard InChI is InChI=1S/C27H30FN9O/c1-27(17-38,21-3-5-23(28)6-4-21)22-14-31-26(32-15-22)37-9-7-36(8-10-37)25(33-18-29)24-11-19(12-30-24)20-13-34-35(2)16-20/h3-6,11-16,18,29-30,38H,7-10,17H2,1-2H3/t27-/m0/s1. The van der Waals surface area contributed by atoms with E-state index in [-0.39, 0.29) is 12.4 Å². The monoisotopic (exact) mass is 515 g/mol. The molecule has 0 unspecified atom stereocenters. The number of nitrogens with one attached hydrogen (secondary N) is 2. The highest BCUT2D eigenvalue weighted by Crippen LogP contribution is 2.31. The predicted molar refractivity (Wildman–Crippen MR) is 144 cm³/mol. The number of amidine groups is 1. The van der Waals surface area contributed by atoms with E-state index in [4.69, 9.17) is 5.41 Å². The summed E-state index contributed by atoms with van der Waals surface area (Å²) in [6, 6.07) is 8.15. The molecule has 0 spiro atoms. The number of aliphatic hydroxyl groups is 1. The number of hydrogen-bond acceptors (Lipinski definition) is 6. The lowest BCUT2D eigenvalue weighted by molar-refractivity contribution is 0.230. The van der Waals surface area contributed by atoms with Gasteiger partial charge in [-0.1, -0.05) is 12.1 Å². The summed E-state index contributed by atoms with van der Waals surface area (Å²) in [7, 11) is 1.88. The van der Waals surface area contributed by atoms with Gasteiger partial charge in [-0.3, -0.25) is 10.1 Å². The molecule has 0 radical (unpaired) electrons. The van der Waals surface area contributed by atoms with E-state index in [2.05, 4.69) is 34.8 Å². The minimum Gasteiger partial charge on any atom is -0.395 e. The molecule has 1 aromatic carbocycles. The second-order valence-corrected chi connectivity index (χ2v) is 9.53. The fourth-order valence-corrected chi connectivity index (χ4v) is 4.70. The Hall–Kier alpha value is -4.38. The van der Waals surface area contributed by atoms with Crippen molar-refractivity contribution in [3.8, 4) is 11.1 Å². The molecule has 1 aliphatic heterocycles. The van der Waals surface area contributed by atoms with Crippen LogP contribution >= 0.6 is 0 Å². The van der Waals surface area contributed by atoms with Crippen molar-refractivity contribution in [2.24, 2.45) is 12.0 Å². The number of aliphatic imine (C=N–C) groups is 1. The van der Waals surface area contributed by atoms with Crippen LogP contribution in [0.1, 0.15) is 23.7 Å². The molecule has 4 aromatic rings. The van der Waals surface area contributed by atoms with Crippen LogP contribution in [0.3, 0.4) is 0 Å². The SMILES string of the molecule is Cn1cc(-c2c[nH]c(C(=NC=N)N3CCN(c4ncc([C@@](C)(CO)c5ccc(F)cc5)cn4)CC3)c2)cn1. The van der Waals surface area contributed by atoms with Gasteiger partial charge in [0.1, 0.15) is 12.2 Å². The number of benzene rings is 1. The number of hydrogen-bond donors (Lipinski definition) is 3. The quantitative estimate of drug-likeness (QED) is 0.257. The Bertz CT molecular complexity index is 1420. The fourth-order valence-electron chi connectivity index (χ4n) is 4.70. The second-order valence-electron chi connectivity index (χ2n) is 9.53. The average molecular weight is 516 g/mol. The van der Waals surface area contributed by atoms with Crippen molar-refractivity contribution in [2.45, 2.75) is 12.3 Å². The van der Waals surface area contributed by atoms with Gasteiger partial charge in [0.15, 0.2) is 5.84 Å². The van der Waals surface area contributed by atoms with Gasteiger partial charge in [-0.2, -0.15) is 5.10 Å². The number of aryl methyl sites for hydroxylation is 1. The number of anilines is 1. The zero-order valence-corrected chi connectivity index (χ0v) is 21.3. The Balaban J connectivity index is 1.27. The zero-order valence-electron chi connectivity index (χ0n) is 21.3. The molecule has 1 saturated heterocycles. The number of aliphatic hydroxyl groups excluding tert-OH is 1. The smallest absolute Gasteiger partial charge is 0.225 e. The highest BCUT2D eigenvalue weighted by atomic mass is 19.1. The van der Waals surface area contributed by atoms with Crippen LogP contribution in [0.4, 0.5) is 10.3 Å². The van der Waals surface area contributed by atoms with Crippen LogP contribution in [-0.4, -0.2) is 79.7 Å². The van der Waals surface area contributed by atoms with Crippen molar-refractivity contribution < 1.29 is 9.50 Å². The normalized spacial score (nSPS) is 15.9. The van der Waals surface area contributed by atoms with Crippen LogP contribution in [-0.2, 0) is 12.5 Å². The van der Waals surface area contributed by atoms with Crippen LogP contribution in [0, 0.1) is 11.2 Å². The molecule has 0 saturated carbocycles. The molecular formula is C27H30FN9O. The van der Waals surface area contributed by atoms with E-state index in [1.54, 1.807) is 29.2 Å². The first kappa shape index (κ1) is 25.3. The Morgan fingerprint density at radius 3 is 2.42 bits per heavy atom. The number of aromatic amines is 1. The number of H-pyrrole nitrogens is 1. The van der Waals surface area contributed by atoms with Crippen LogP contribution in [0.25, 0.3) is 11.1 Å². The average Bonchev–Trinajstić information content (AvgIpc) is 3.61. The lowest BCUT2D eigenvalue weighted by Crippen LogP contribution is -2.49. The van der Waals surface area contributed by atoms with Gasteiger partial charge in [-0.05, 0) is 30.7 Å². The number of aromatic nitrogens is 5. The third-order valence-electron chi connectivity index (χ3n) is 7.08. The molecule has 3 N–H and O–H groups in total. The molecule has 11 heteroatoms. The van der Waals surface area contributed by atoms with E-state index in [0.29, 0.717) is 38.0 Å². The van der Waals surface area contributed by atoms with E-state index in [0.717, 1.165) is 34.3 Å². The van der Waals surface area contributed by atoms with E-state index >= 15 is 0 Å². The van der Waals surface area contributed by atoms with Crippen LogP contribution in [0.15, 0.2) is 66.3 Å². The van der Waals surface area contributed by atoms with Crippen LogP contribution in [0.2, 0.25) is 0 Å². The van der Waals surface area contributed by atoms with Gasteiger partial charge in [0.2, 0.25) is 5.95 Å². The third-order valence-corrected chi connectivity index (χ3v) is 7.08. The summed E-state index contributed by atoms with van der Waals surface area (Å²) >= 11 is 0. The van der Waals surface area contributed by atoms with Gasteiger partial charge in [0.05, 0.1) is 18.5 Å². The van der Waals surface area contributed by atoms with E-state index in [1.165, 1.54) is 12.1 Å². The molecule has 0 bridgehead atoms. The summed E-state index contributed by atoms with van der Waals surface area (Å²) in [5.74, 6) is 1.000. The van der Waals surface area contributed by atoms with E-state index in [9.17, 15) is 9.50 Å². The molecule has 38 heavy (non-hydrogen) atoms. The minimum atomic E-state index is -0.742. The number of piperazine rings is 1. The number of rotatable bonds is 7. The van der Waals surface area contributed by atoms with Crippen molar-refractivity contribution in [2.75, 3.05) is 37.7 Å². The van der Waals surface area contributed by atoms with Crippen molar-refractivity contribution in [1.82, 2.24) is 29.6 Å². The Morgan fingerprint density at radius 2 is 1.82 bits per heavy atom. The minimum absolute atomic E-state index is 0.156. The maximum absolute atomic E-state index is 13.4.